The third-order valence-corrected chi connectivity index (χ3v) is 2.60. The van der Waals surface area contributed by atoms with Gasteiger partial charge in [-0.25, -0.2) is 0 Å². The van der Waals surface area contributed by atoms with E-state index in [9.17, 15) is 0 Å². The van der Waals surface area contributed by atoms with Crippen LogP contribution in [0, 0.1) is 0 Å². The third-order valence-electron chi connectivity index (χ3n) is 2.17. The van der Waals surface area contributed by atoms with Gasteiger partial charge in [-0.05, 0) is 22.0 Å². The van der Waals surface area contributed by atoms with Gasteiger partial charge in [0.2, 0.25) is 0 Å². The van der Waals surface area contributed by atoms with Crippen molar-refractivity contribution in [3.05, 3.63) is 22.6 Å². The highest BCUT2D eigenvalue weighted by molar-refractivity contribution is 9.10. The number of hydrogen-bond acceptors (Lipinski definition) is 3. The number of nitrogens with two attached hydrogens (primary N) is 1. The first-order valence-corrected chi connectivity index (χ1v) is 5.49. The minimum Gasteiger partial charge on any atom is -0.396 e. The lowest BCUT2D eigenvalue weighted by Gasteiger charge is -2.15. The first kappa shape index (κ1) is 10.4. The van der Waals surface area contributed by atoms with Crippen LogP contribution in [0.3, 0.4) is 0 Å². The van der Waals surface area contributed by atoms with E-state index >= 15 is 0 Å². The lowest BCUT2D eigenvalue weighted by Crippen LogP contribution is -2.16. The molecule has 0 atom stereocenters. The Labute approximate surface area is 96.6 Å². The van der Waals surface area contributed by atoms with Crippen LogP contribution in [0.4, 0.5) is 5.69 Å². The van der Waals surface area contributed by atoms with Crippen LogP contribution < -0.4 is 5.73 Å². The molecule has 0 unspecified atom stereocenters. The summed E-state index contributed by atoms with van der Waals surface area (Å²) in [6, 6.07) is 1.83. The van der Waals surface area contributed by atoms with Crippen LogP contribution in [-0.2, 0) is 5.41 Å². The number of nitrogen functional groups attached to an aromatic ring is 1. The summed E-state index contributed by atoms with van der Waals surface area (Å²) in [5.41, 5.74) is 7.15. The summed E-state index contributed by atoms with van der Waals surface area (Å²) in [4.78, 5) is 0. The molecule has 4 nitrogen and oxygen atoms in total. The van der Waals surface area contributed by atoms with Crippen molar-refractivity contribution in [2.24, 2.45) is 0 Å². The number of rotatable bonds is 0. The van der Waals surface area contributed by atoms with Crippen molar-refractivity contribution in [3.8, 4) is 0 Å². The molecular formula is C10H13BrN4. The summed E-state index contributed by atoms with van der Waals surface area (Å²) >= 11 is 3.41. The number of halogens is 1. The van der Waals surface area contributed by atoms with E-state index in [-0.39, 0.29) is 5.41 Å². The Balaban J connectivity index is 2.80. The van der Waals surface area contributed by atoms with Crippen molar-refractivity contribution >= 4 is 27.3 Å². The maximum atomic E-state index is 5.86. The molecule has 0 aromatic carbocycles. The van der Waals surface area contributed by atoms with Crippen molar-refractivity contribution in [2.75, 3.05) is 5.73 Å². The summed E-state index contributed by atoms with van der Waals surface area (Å²) in [6.45, 7) is 6.29. The van der Waals surface area contributed by atoms with Gasteiger partial charge in [-0.2, -0.15) is 0 Å². The standard InChI is InChI=1S/C10H13BrN4/c1-10(2,3)9-14-13-8-7(12)4-6(11)5-15(8)9/h4-5H,12H2,1-3H3. The fourth-order valence-electron chi connectivity index (χ4n) is 1.50. The second-order valence-corrected chi connectivity index (χ2v) is 5.50. The van der Waals surface area contributed by atoms with E-state index in [1.165, 1.54) is 0 Å². The van der Waals surface area contributed by atoms with Crippen molar-refractivity contribution in [3.63, 3.8) is 0 Å². The fraction of sp³-hybridized carbons (Fsp3) is 0.400. The quantitative estimate of drug-likeness (QED) is 0.798. The van der Waals surface area contributed by atoms with Crippen LogP contribution in [0.5, 0.6) is 0 Å². The molecule has 0 saturated heterocycles. The molecule has 15 heavy (non-hydrogen) atoms. The Bertz CT molecular complexity index is 510. The smallest absolute Gasteiger partial charge is 0.184 e. The van der Waals surface area contributed by atoms with Crippen LogP contribution in [-0.4, -0.2) is 14.6 Å². The molecular weight excluding hydrogens is 256 g/mol. The third kappa shape index (κ3) is 1.71. The lowest BCUT2D eigenvalue weighted by molar-refractivity contribution is 0.538. The van der Waals surface area contributed by atoms with E-state index in [2.05, 4.69) is 46.9 Å². The summed E-state index contributed by atoms with van der Waals surface area (Å²) < 4.78 is 2.86. The Kier molecular flexibility index (Phi) is 2.22. The molecule has 0 amide bonds. The minimum atomic E-state index is -0.0490. The van der Waals surface area contributed by atoms with E-state index in [1.54, 1.807) is 0 Å². The first-order chi connectivity index (χ1) is 6.89. The maximum absolute atomic E-state index is 5.86. The van der Waals surface area contributed by atoms with Gasteiger partial charge in [0.1, 0.15) is 5.82 Å². The highest BCUT2D eigenvalue weighted by Crippen LogP contribution is 2.25. The van der Waals surface area contributed by atoms with Crippen molar-refractivity contribution in [1.29, 1.82) is 0 Å². The summed E-state index contributed by atoms with van der Waals surface area (Å²) in [5, 5.41) is 8.27. The van der Waals surface area contributed by atoms with Gasteiger partial charge < -0.3 is 5.73 Å². The average molecular weight is 269 g/mol. The average Bonchev–Trinajstić information content (AvgIpc) is 2.45. The van der Waals surface area contributed by atoms with E-state index in [0.717, 1.165) is 10.3 Å². The molecule has 0 saturated carbocycles. The molecule has 0 aliphatic rings. The molecule has 2 N–H and O–H groups in total. The molecule has 0 fully saturated rings. The zero-order valence-electron chi connectivity index (χ0n) is 8.95. The molecule has 2 rings (SSSR count). The van der Waals surface area contributed by atoms with Crippen molar-refractivity contribution in [1.82, 2.24) is 14.6 Å². The number of pyridine rings is 1. The Morgan fingerprint density at radius 1 is 1.33 bits per heavy atom. The Morgan fingerprint density at radius 2 is 2.00 bits per heavy atom. The second-order valence-electron chi connectivity index (χ2n) is 4.58. The largest absolute Gasteiger partial charge is 0.396 e. The normalized spacial score (nSPS) is 12.3. The first-order valence-electron chi connectivity index (χ1n) is 4.70. The predicted octanol–water partition coefficient (Wildman–Crippen LogP) is 2.37. The summed E-state index contributed by atoms with van der Waals surface area (Å²) in [6.07, 6.45) is 1.94. The molecule has 0 radical (unpaired) electrons. The molecule has 2 heterocycles. The van der Waals surface area contributed by atoms with Gasteiger partial charge in [0.05, 0.1) is 5.69 Å². The summed E-state index contributed by atoms with van der Waals surface area (Å²) in [5.74, 6) is 0.908. The Hall–Kier alpha value is -1.10. The molecule has 0 aliphatic heterocycles. The second kappa shape index (κ2) is 3.20. The number of aromatic nitrogens is 3. The molecule has 2 aromatic rings. The highest BCUT2D eigenvalue weighted by atomic mass is 79.9. The highest BCUT2D eigenvalue weighted by Gasteiger charge is 2.21. The van der Waals surface area contributed by atoms with Crippen LogP contribution >= 0.6 is 15.9 Å². The van der Waals surface area contributed by atoms with Gasteiger partial charge in [0.25, 0.3) is 0 Å². The zero-order chi connectivity index (χ0) is 11.2. The lowest BCUT2D eigenvalue weighted by atomic mass is 9.96. The van der Waals surface area contributed by atoms with E-state index < -0.39 is 0 Å². The van der Waals surface area contributed by atoms with Crippen LogP contribution in [0.15, 0.2) is 16.7 Å². The van der Waals surface area contributed by atoms with Gasteiger partial charge >= 0.3 is 0 Å². The fourth-order valence-corrected chi connectivity index (χ4v) is 1.95. The number of fused-ring (bicyclic) bond motifs is 1. The molecule has 0 bridgehead atoms. The maximum Gasteiger partial charge on any atom is 0.184 e. The van der Waals surface area contributed by atoms with Crippen LogP contribution in [0.25, 0.3) is 5.65 Å². The van der Waals surface area contributed by atoms with E-state index in [0.29, 0.717) is 11.3 Å². The molecule has 5 heteroatoms. The topological polar surface area (TPSA) is 56.2 Å². The zero-order valence-corrected chi connectivity index (χ0v) is 10.5. The Morgan fingerprint density at radius 3 is 2.60 bits per heavy atom. The van der Waals surface area contributed by atoms with Gasteiger partial charge in [-0.1, -0.05) is 20.8 Å². The van der Waals surface area contributed by atoms with E-state index in [4.69, 9.17) is 5.73 Å². The minimum absolute atomic E-state index is 0.0490. The van der Waals surface area contributed by atoms with Crippen LogP contribution in [0.2, 0.25) is 0 Å². The van der Waals surface area contributed by atoms with Crippen LogP contribution in [0.1, 0.15) is 26.6 Å². The summed E-state index contributed by atoms with van der Waals surface area (Å²) in [7, 11) is 0. The molecule has 80 valence electrons. The van der Waals surface area contributed by atoms with Crippen molar-refractivity contribution in [2.45, 2.75) is 26.2 Å². The van der Waals surface area contributed by atoms with Gasteiger partial charge in [0, 0.05) is 16.1 Å². The van der Waals surface area contributed by atoms with Gasteiger partial charge in [-0.3, -0.25) is 4.40 Å². The molecule has 2 aromatic heterocycles. The number of nitrogens with zero attached hydrogens (tertiary/aromatic N) is 3. The van der Waals surface area contributed by atoms with Gasteiger partial charge in [-0.15, -0.1) is 10.2 Å². The molecule has 0 aliphatic carbocycles. The monoisotopic (exact) mass is 268 g/mol. The predicted molar refractivity (Wildman–Crippen MR) is 63.8 cm³/mol. The molecule has 0 spiro atoms. The number of anilines is 1. The van der Waals surface area contributed by atoms with E-state index in [1.807, 2.05) is 16.7 Å². The number of hydrogen-bond donors (Lipinski definition) is 1. The SMILES string of the molecule is CC(C)(C)c1nnc2c(N)cc(Br)cn12. The van der Waals surface area contributed by atoms with Crippen molar-refractivity contribution < 1.29 is 0 Å². The van der Waals surface area contributed by atoms with Gasteiger partial charge in [0.15, 0.2) is 5.65 Å².